The van der Waals surface area contributed by atoms with Crippen molar-refractivity contribution in [1.29, 1.82) is 0 Å². The Morgan fingerprint density at radius 3 is 1.13 bits per heavy atom. The molecule has 0 bridgehead atoms. The molecule has 0 aliphatic carbocycles. The first-order valence-electron chi connectivity index (χ1n) is 37.8. The van der Waals surface area contributed by atoms with E-state index in [2.05, 4.69) is 170 Å². The highest BCUT2D eigenvalue weighted by Crippen LogP contribution is 2.43. The lowest BCUT2D eigenvalue weighted by molar-refractivity contribution is 0.0594. The maximum atomic E-state index is 11.9. The van der Waals surface area contributed by atoms with E-state index in [1.165, 1.54) is 81.2 Å². The molecule has 648 valence electrons. The number of carbonyl (C=O) groups is 3. The highest BCUT2D eigenvalue weighted by atomic mass is 79.9. The molecule has 15 N–H and O–H groups in total. The van der Waals surface area contributed by atoms with Crippen LogP contribution in [0.3, 0.4) is 0 Å². The van der Waals surface area contributed by atoms with Crippen LogP contribution in [-0.4, -0.2) is 137 Å². The number of hydrogen-bond donors (Lipinski definition) is 8. The van der Waals surface area contributed by atoms with E-state index >= 15 is 0 Å². The first-order valence-corrected chi connectivity index (χ1v) is 46.9. The summed E-state index contributed by atoms with van der Waals surface area (Å²) in [4.78, 5) is 127. The molecule has 33 nitrogen and oxygen atoms in total. The van der Waals surface area contributed by atoms with Crippen LogP contribution in [-0.2, 0) is 9.47 Å². The summed E-state index contributed by atoms with van der Waals surface area (Å²) in [6, 6.07) is 41.0. The molecule has 44 heteroatoms. The number of rotatable bonds is 10. The number of anilines is 7. The summed E-state index contributed by atoms with van der Waals surface area (Å²) >= 11 is 24.3. The van der Waals surface area contributed by atoms with Gasteiger partial charge >= 0.3 is 17.9 Å². The van der Waals surface area contributed by atoms with Crippen LogP contribution < -0.4 is 40.1 Å². The van der Waals surface area contributed by atoms with Crippen LogP contribution in [0.5, 0.6) is 0 Å². The molecule has 0 unspecified atom stereocenters. The number of nitrogens with two attached hydrogens (primary N) is 7. The average Bonchev–Trinajstić information content (AvgIpc) is 1.62. The van der Waals surface area contributed by atoms with Crippen LogP contribution in [0.15, 0.2) is 216 Å². The van der Waals surface area contributed by atoms with Crippen molar-refractivity contribution in [2.24, 2.45) is 0 Å². The van der Waals surface area contributed by atoms with Crippen LogP contribution >= 0.6 is 143 Å². The van der Waals surface area contributed by atoms with Crippen molar-refractivity contribution < 1.29 is 29.0 Å². The molecule has 0 saturated heterocycles. The third kappa shape index (κ3) is 20.1. The smallest absolute Gasteiger partial charge is 0.339 e. The summed E-state index contributed by atoms with van der Waals surface area (Å²) in [6.45, 7) is 5.92. The number of halogens is 4. The molecular weight excluding hydrogens is 2050 g/mol. The third-order valence-corrected chi connectivity index (χ3v) is 29.4. The van der Waals surface area contributed by atoms with Crippen molar-refractivity contribution in [2.45, 2.75) is 20.8 Å². The second-order valence-corrected chi connectivity index (χ2v) is 37.1. The molecule has 21 heterocycles. The van der Waals surface area contributed by atoms with Crippen LogP contribution in [0.25, 0.3) is 152 Å². The van der Waals surface area contributed by atoms with Gasteiger partial charge in [0.05, 0.1) is 82.2 Å². The van der Waals surface area contributed by atoms with Crippen LogP contribution in [0.4, 0.5) is 40.7 Å². The lowest BCUT2D eigenvalue weighted by atomic mass is 10.2. The number of nitrogens with zero attached hydrogens (tertiary/aromatic N) is 20. The Morgan fingerprint density at radius 1 is 0.323 bits per heavy atom. The van der Waals surface area contributed by atoms with Crippen molar-refractivity contribution in [3.05, 3.63) is 248 Å². The van der Waals surface area contributed by atoms with Gasteiger partial charge < -0.3 is 54.7 Å². The second-order valence-electron chi connectivity index (χ2n) is 26.7. The van der Waals surface area contributed by atoms with E-state index in [4.69, 9.17) is 54.7 Å². The minimum Gasteiger partial charge on any atom is -0.478 e. The summed E-state index contributed by atoms with van der Waals surface area (Å²) in [6.07, 6.45) is 11.9. The van der Waals surface area contributed by atoms with Gasteiger partial charge in [0, 0.05) is 98.6 Å². The fraction of sp³-hybridized carbons (Fsp3) is 0.0581. The number of thiophene rings is 7. The van der Waals surface area contributed by atoms with E-state index in [-0.39, 0.29) is 23.0 Å². The Labute approximate surface area is 797 Å². The Hall–Kier alpha value is -13.7. The number of esters is 2. The maximum Gasteiger partial charge on any atom is 0.339 e. The molecule has 0 amide bonds. The van der Waals surface area contributed by atoms with Crippen molar-refractivity contribution >= 4 is 273 Å². The molecule has 130 heavy (non-hydrogen) atoms. The zero-order valence-corrected chi connectivity index (χ0v) is 80.0. The van der Waals surface area contributed by atoms with Gasteiger partial charge in [-0.3, -0.25) is 34.9 Å². The fourth-order valence-corrected chi connectivity index (χ4v) is 21.6. The lowest BCUT2D eigenvalue weighted by Gasteiger charge is -2.03. The molecule has 0 radical (unpaired) electrons. The SMILES string of the molecule is COC(=O)c1c(C)sc2nc(-c3ccccn3)nc(N)c12.COC(=O)c1csc2nc(-c3ccccn3)nc(N)c12.Cc1sc2c(N)nc(-c3ccccn3)nc2c1Br.Cc1sc2cc(-c3ccccn3)nc(N)c2c1Br.Nc1nc(-c2ccccn2)nc2c(Br)csc12.Nc1nc(-c2ccccn2)nc2scc(Br)c12.Nc1nc(-c2ccccn2)nc2scc(C(=O)O)c12. The van der Waals surface area contributed by atoms with Gasteiger partial charge in [0.1, 0.15) is 105 Å². The van der Waals surface area contributed by atoms with Gasteiger partial charge in [-0.05, 0) is 175 Å². The number of nitrogen functional groups attached to an aromatic ring is 7. The quantitative estimate of drug-likeness (QED) is 0.0589. The summed E-state index contributed by atoms with van der Waals surface area (Å²) in [5.74, 6) is 3.70. The third-order valence-electron chi connectivity index (χ3n) is 18.3. The molecule has 0 saturated carbocycles. The van der Waals surface area contributed by atoms with E-state index < -0.39 is 17.9 Å². The topological polar surface area (TPSA) is 530 Å². The van der Waals surface area contributed by atoms with Gasteiger partial charge in [-0.2, -0.15) is 0 Å². The average molecular weight is 2110 g/mol. The summed E-state index contributed by atoms with van der Waals surface area (Å²) in [7, 11) is 2.66. The summed E-state index contributed by atoms with van der Waals surface area (Å²) in [5, 5.41) is 19.5. The van der Waals surface area contributed by atoms with Crippen molar-refractivity contribution in [1.82, 2.24) is 99.7 Å². The summed E-state index contributed by atoms with van der Waals surface area (Å²) < 4.78 is 16.4. The number of aromatic nitrogens is 20. The van der Waals surface area contributed by atoms with Crippen LogP contribution in [0, 0.1) is 20.8 Å². The number of ether oxygens (including phenoxy) is 2. The number of fused-ring (bicyclic) bond motifs is 7. The molecule has 0 atom stereocenters. The van der Waals surface area contributed by atoms with Gasteiger partial charge in [-0.15, -0.1) is 79.4 Å². The lowest BCUT2D eigenvalue weighted by Crippen LogP contribution is -2.04. The first kappa shape index (κ1) is 91.1. The van der Waals surface area contributed by atoms with E-state index in [1.54, 1.807) is 89.6 Å². The number of carboxylic acid groups (broad SMARTS) is 1. The number of hydrogen-bond acceptors (Lipinski definition) is 39. The first-order chi connectivity index (χ1) is 62.8. The van der Waals surface area contributed by atoms with E-state index in [0.717, 1.165) is 96.9 Å². The van der Waals surface area contributed by atoms with Crippen molar-refractivity contribution in [3.63, 3.8) is 0 Å². The largest absolute Gasteiger partial charge is 0.478 e. The summed E-state index contributed by atoms with van der Waals surface area (Å²) in [5.41, 5.74) is 50.0. The molecule has 0 aromatic carbocycles. The second kappa shape index (κ2) is 40.8. The Morgan fingerprint density at radius 2 is 0.685 bits per heavy atom. The van der Waals surface area contributed by atoms with Gasteiger partial charge in [0.15, 0.2) is 34.9 Å². The number of aromatic carboxylic acids is 1. The van der Waals surface area contributed by atoms with Gasteiger partial charge in [-0.25, -0.2) is 79.2 Å². The minimum atomic E-state index is -1.04. The normalized spacial score (nSPS) is 10.8. The van der Waals surface area contributed by atoms with Gasteiger partial charge in [-0.1, -0.05) is 42.5 Å². The molecule has 21 aromatic heterocycles. The number of methoxy groups -OCH3 is 2. The molecular formula is C86H63Br4N27O6S7. The number of aryl methyl sites for hydroxylation is 3. The van der Waals surface area contributed by atoms with Crippen LogP contribution in [0.1, 0.15) is 45.7 Å². The maximum absolute atomic E-state index is 11.9. The molecule has 0 spiro atoms. The molecule has 0 fully saturated rings. The predicted molar refractivity (Wildman–Crippen MR) is 532 cm³/mol. The van der Waals surface area contributed by atoms with E-state index in [9.17, 15) is 14.4 Å². The Bertz CT molecular complexity index is 7750. The van der Waals surface area contributed by atoms with E-state index in [1.807, 2.05) is 140 Å². The molecule has 0 aliphatic rings. The highest BCUT2D eigenvalue weighted by Gasteiger charge is 2.25. The Balaban J connectivity index is 0.000000116. The van der Waals surface area contributed by atoms with Crippen molar-refractivity contribution in [3.8, 4) is 80.5 Å². The van der Waals surface area contributed by atoms with E-state index in [0.29, 0.717) is 117 Å². The zero-order valence-electron chi connectivity index (χ0n) is 67.9. The minimum absolute atomic E-state index is 0.130. The number of carbonyl (C=O) groups excluding carboxylic acids is 2. The standard InChI is InChI=1S/C14H12N4O2S.C13H10BrN3S.C13H10N4O2S.C12H9BrN4S.C12H8N4O2S.2C11H7BrN4S/c1-7-9(14(19)20-2)10-11(15)17-12(18-13(10)21-7)8-5-3-4-6-16-8;1-7-12(14)11-10(18-7)6-9(17-13(11)15)8-4-2-3-5-16-8;1-19-13(18)7-6-20-12-9(7)10(14)16-11(17-12)8-4-2-3-5-15-8;1-6-8(13)9-10(18-6)11(14)17-12(16-9)7-4-2-3-5-15-7;13-9-8-6(12(17)18)5-19-11(8)16-10(15-9)7-3-1-2-4-14-7;12-6-5-17-9-8(6)15-11(16-10(9)13)7-3-1-2-4-14-7;12-6-5-17-11-8(6)9(13)15-10(16-11)7-3-1-2-4-14-7/h3-6H,1-2H3,(H2,15,17,18);2-6H,1H3,(H2,15,17);2-6H,1H3,(H2,14,16,17);2-5H,1H3,(H2,14,16,17);1-5H,(H,17,18)(H2,13,15,16);2*1-5H,(H2,13,15,16). The fourth-order valence-electron chi connectivity index (χ4n) is 12.3. The highest BCUT2D eigenvalue weighted by molar-refractivity contribution is 9.11. The van der Waals surface area contributed by atoms with Crippen LogP contribution in [0.2, 0.25) is 0 Å². The molecule has 21 rings (SSSR count). The van der Waals surface area contributed by atoms with Crippen molar-refractivity contribution in [2.75, 3.05) is 54.4 Å². The monoisotopic (exact) mass is 2110 g/mol. The van der Waals surface area contributed by atoms with Gasteiger partial charge in [0.25, 0.3) is 0 Å². The molecule has 0 aliphatic heterocycles. The number of carboxylic acids is 1. The number of pyridine rings is 8. The molecule has 21 aromatic rings. The zero-order chi connectivity index (χ0) is 91.6. The van der Waals surface area contributed by atoms with Gasteiger partial charge in [0.2, 0.25) is 0 Å². The Kier molecular flexibility index (Phi) is 28.6. The predicted octanol–water partition coefficient (Wildman–Crippen LogP) is 20.2.